The number of aryl methyl sites for hydroxylation is 1. The minimum atomic E-state index is 0.335. The van der Waals surface area contributed by atoms with Gasteiger partial charge in [-0.05, 0) is 65.1 Å². The van der Waals surface area contributed by atoms with E-state index in [2.05, 4.69) is 59.4 Å². The zero-order valence-electron chi connectivity index (χ0n) is 12.5. The molecule has 0 bridgehead atoms. The highest BCUT2D eigenvalue weighted by Gasteiger charge is 2.14. The molecule has 0 aliphatic carbocycles. The van der Waals surface area contributed by atoms with Crippen molar-refractivity contribution in [1.29, 1.82) is 0 Å². The van der Waals surface area contributed by atoms with Crippen molar-refractivity contribution < 1.29 is 0 Å². The maximum absolute atomic E-state index is 6.11. The zero-order chi connectivity index (χ0) is 15.2. The smallest absolute Gasteiger partial charge is 0.0548 e. The molecule has 2 rings (SSSR count). The summed E-state index contributed by atoms with van der Waals surface area (Å²) in [6.45, 7) is 5.43. The molecule has 2 aromatic rings. The Morgan fingerprint density at radius 1 is 1.19 bits per heavy atom. The molecule has 21 heavy (non-hydrogen) atoms. The molecule has 0 aliphatic heterocycles. The molecule has 1 atom stereocenters. The predicted octanol–water partition coefficient (Wildman–Crippen LogP) is 6.01. The summed E-state index contributed by atoms with van der Waals surface area (Å²) in [6, 6.07) is 11.1. The van der Waals surface area contributed by atoms with E-state index in [1.165, 1.54) is 15.3 Å². The van der Waals surface area contributed by atoms with Crippen molar-refractivity contribution in [3.05, 3.63) is 55.1 Å². The topological polar surface area (TPSA) is 12.0 Å². The first-order chi connectivity index (χ1) is 10.1. The fraction of sp³-hybridized carbons (Fsp3) is 0.412. The molecule has 4 heteroatoms. The van der Waals surface area contributed by atoms with Crippen LogP contribution in [-0.4, -0.2) is 6.54 Å². The Kier molecular flexibility index (Phi) is 6.74. The van der Waals surface area contributed by atoms with Gasteiger partial charge in [0.2, 0.25) is 0 Å². The van der Waals surface area contributed by atoms with Gasteiger partial charge in [-0.1, -0.05) is 31.5 Å². The van der Waals surface area contributed by atoms with E-state index in [0.717, 1.165) is 35.3 Å². The van der Waals surface area contributed by atoms with Gasteiger partial charge in [0.1, 0.15) is 0 Å². The average molecular weight is 387 g/mol. The highest BCUT2D eigenvalue weighted by molar-refractivity contribution is 9.10. The van der Waals surface area contributed by atoms with Gasteiger partial charge in [0, 0.05) is 26.7 Å². The molecule has 1 N–H and O–H groups in total. The summed E-state index contributed by atoms with van der Waals surface area (Å²) in [7, 11) is 0. The molecule has 1 unspecified atom stereocenters. The van der Waals surface area contributed by atoms with Gasteiger partial charge in [0.05, 0.1) is 5.02 Å². The number of rotatable bonds is 7. The van der Waals surface area contributed by atoms with Crippen molar-refractivity contribution in [3.63, 3.8) is 0 Å². The van der Waals surface area contributed by atoms with Crippen LogP contribution in [0.1, 0.15) is 41.6 Å². The number of hydrogen-bond acceptors (Lipinski definition) is 2. The molecular weight excluding hydrogens is 366 g/mol. The zero-order valence-corrected chi connectivity index (χ0v) is 15.6. The first kappa shape index (κ1) is 17.0. The molecule has 0 fully saturated rings. The standard InChI is InChI=1S/C17H21BrClNS/c1-3-9-20-17(11-14-7-6-13(4-2)21-14)12-5-8-16(19)15(18)10-12/h5-8,10,17,20H,3-4,9,11H2,1-2H3. The van der Waals surface area contributed by atoms with E-state index < -0.39 is 0 Å². The van der Waals surface area contributed by atoms with E-state index in [0.29, 0.717) is 6.04 Å². The highest BCUT2D eigenvalue weighted by atomic mass is 79.9. The van der Waals surface area contributed by atoms with Crippen molar-refractivity contribution >= 4 is 38.9 Å². The lowest BCUT2D eigenvalue weighted by atomic mass is 10.0. The fourth-order valence-corrected chi connectivity index (χ4v) is 3.80. The normalized spacial score (nSPS) is 12.6. The van der Waals surface area contributed by atoms with Crippen molar-refractivity contribution in [3.8, 4) is 0 Å². The van der Waals surface area contributed by atoms with E-state index in [4.69, 9.17) is 11.6 Å². The van der Waals surface area contributed by atoms with Crippen LogP contribution in [0.3, 0.4) is 0 Å². The van der Waals surface area contributed by atoms with E-state index in [9.17, 15) is 0 Å². The Balaban J connectivity index is 2.18. The quantitative estimate of drug-likeness (QED) is 0.614. The summed E-state index contributed by atoms with van der Waals surface area (Å²) < 4.78 is 0.963. The molecule has 1 aromatic carbocycles. The second-order valence-electron chi connectivity index (χ2n) is 5.11. The van der Waals surface area contributed by atoms with Crippen LogP contribution in [0.25, 0.3) is 0 Å². The minimum Gasteiger partial charge on any atom is -0.310 e. The lowest BCUT2D eigenvalue weighted by Gasteiger charge is -2.19. The molecule has 1 heterocycles. The van der Waals surface area contributed by atoms with Crippen LogP contribution in [-0.2, 0) is 12.8 Å². The van der Waals surface area contributed by atoms with Crippen LogP contribution >= 0.6 is 38.9 Å². The average Bonchev–Trinajstić information content (AvgIpc) is 2.94. The monoisotopic (exact) mass is 385 g/mol. The van der Waals surface area contributed by atoms with Crippen LogP contribution in [0, 0.1) is 0 Å². The SMILES string of the molecule is CCCNC(Cc1ccc(CC)s1)c1ccc(Cl)c(Br)c1. The third-order valence-electron chi connectivity index (χ3n) is 3.46. The summed E-state index contributed by atoms with van der Waals surface area (Å²) in [4.78, 5) is 2.89. The minimum absolute atomic E-state index is 0.335. The van der Waals surface area contributed by atoms with Crippen LogP contribution in [0.2, 0.25) is 5.02 Å². The molecule has 114 valence electrons. The summed E-state index contributed by atoms with van der Waals surface area (Å²) in [6.07, 6.45) is 3.28. The maximum Gasteiger partial charge on any atom is 0.0548 e. The number of nitrogens with one attached hydrogen (secondary N) is 1. The van der Waals surface area contributed by atoms with E-state index >= 15 is 0 Å². The summed E-state index contributed by atoms with van der Waals surface area (Å²) >= 11 is 11.6. The fourth-order valence-electron chi connectivity index (χ4n) is 2.28. The maximum atomic E-state index is 6.11. The van der Waals surface area contributed by atoms with Crippen molar-refractivity contribution in [2.45, 2.75) is 39.2 Å². The van der Waals surface area contributed by atoms with Crippen LogP contribution in [0.5, 0.6) is 0 Å². The van der Waals surface area contributed by atoms with Gasteiger partial charge in [0.15, 0.2) is 0 Å². The first-order valence-corrected chi connectivity index (χ1v) is 9.38. The second kappa shape index (κ2) is 8.33. The Morgan fingerprint density at radius 3 is 2.57 bits per heavy atom. The molecule has 0 saturated carbocycles. The number of benzene rings is 1. The number of thiophene rings is 1. The van der Waals surface area contributed by atoms with Gasteiger partial charge >= 0.3 is 0 Å². The third kappa shape index (κ3) is 4.82. The van der Waals surface area contributed by atoms with Gasteiger partial charge < -0.3 is 5.32 Å². The van der Waals surface area contributed by atoms with Crippen LogP contribution in [0.4, 0.5) is 0 Å². The van der Waals surface area contributed by atoms with Crippen LogP contribution in [0.15, 0.2) is 34.8 Å². The number of halogens is 2. The Labute approximate surface area is 144 Å². The third-order valence-corrected chi connectivity index (χ3v) is 5.92. The summed E-state index contributed by atoms with van der Waals surface area (Å²) in [5.41, 5.74) is 1.28. The van der Waals surface area contributed by atoms with Crippen molar-refractivity contribution in [2.75, 3.05) is 6.54 Å². The molecule has 0 spiro atoms. The lowest BCUT2D eigenvalue weighted by Crippen LogP contribution is -2.23. The van der Waals surface area contributed by atoms with E-state index in [-0.39, 0.29) is 0 Å². The van der Waals surface area contributed by atoms with E-state index in [1.807, 2.05) is 17.4 Å². The van der Waals surface area contributed by atoms with Crippen molar-refractivity contribution in [1.82, 2.24) is 5.32 Å². The molecule has 1 aromatic heterocycles. The van der Waals surface area contributed by atoms with E-state index in [1.54, 1.807) is 0 Å². The lowest BCUT2D eigenvalue weighted by molar-refractivity contribution is 0.532. The first-order valence-electron chi connectivity index (χ1n) is 7.40. The van der Waals surface area contributed by atoms with Gasteiger partial charge in [-0.25, -0.2) is 0 Å². The van der Waals surface area contributed by atoms with Gasteiger partial charge in [-0.2, -0.15) is 0 Å². The Morgan fingerprint density at radius 2 is 1.95 bits per heavy atom. The summed E-state index contributed by atoms with van der Waals surface area (Å²) in [5, 5.41) is 4.41. The molecule has 1 nitrogen and oxygen atoms in total. The predicted molar refractivity (Wildman–Crippen MR) is 97.6 cm³/mol. The van der Waals surface area contributed by atoms with Gasteiger partial charge in [-0.3, -0.25) is 0 Å². The van der Waals surface area contributed by atoms with Gasteiger partial charge in [-0.15, -0.1) is 11.3 Å². The molecule has 0 radical (unpaired) electrons. The number of hydrogen-bond donors (Lipinski definition) is 1. The Bertz CT molecular complexity index is 582. The second-order valence-corrected chi connectivity index (χ2v) is 7.62. The van der Waals surface area contributed by atoms with Gasteiger partial charge in [0.25, 0.3) is 0 Å². The molecule has 0 saturated heterocycles. The summed E-state index contributed by atoms with van der Waals surface area (Å²) in [5.74, 6) is 0. The Hall–Kier alpha value is -0.350. The molecule has 0 amide bonds. The highest BCUT2D eigenvalue weighted by Crippen LogP contribution is 2.29. The molecule has 0 aliphatic rings. The largest absolute Gasteiger partial charge is 0.310 e. The van der Waals surface area contributed by atoms with Crippen molar-refractivity contribution in [2.24, 2.45) is 0 Å². The molecular formula is C17H21BrClNS. The van der Waals surface area contributed by atoms with Crippen LogP contribution < -0.4 is 5.32 Å².